The van der Waals surface area contributed by atoms with Gasteiger partial charge in [0.25, 0.3) is 0 Å². The average Bonchev–Trinajstić information content (AvgIpc) is 2.46. The van der Waals surface area contributed by atoms with Crippen LogP contribution in [0.1, 0.15) is 36.0 Å². The van der Waals surface area contributed by atoms with Crippen LogP contribution in [0.4, 0.5) is 0 Å². The lowest BCUT2D eigenvalue weighted by molar-refractivity contribution is 0.102. The van der Waals surface area contributed by atoms with Crippen molar-refractivity contribution >= 4 is 5.78 Å². The summed E-state index contributed by atoms with van der Waals surface area (Å²) in [6.45, 7) is 0. The molecule has 1 aromatic carbocycles. The molecule has 1 aliphatic carbocycles. The lowest BCUT2D eigenvalue weighted by atomic mass is 9.92. The Morgan fingerprint density at radius 2 is 2.00 bits per heavy atom. The molecule has 0 aromatic heterocycles. The minimum Gasteiger partial charge on any atom is -0.493 e. The molecule has 96 valence electrons. The second-order valence-electron chi connectivity index (χ2n) is 4.35. The first-order valence-electron chi connectivity index (χ1n) is 6.22. The predicted molar refractivity (Wildman–Crippen MR) is 70.4 cm³/mol. The van der Waals surface area contributed by atoms with Crippen molar-refractivity contribution in [2.75, 3.05) is 14.2 Å². The Morgan fingerprint density at radius 1 is 1.17 bits per heavy atom. The van der Waals surface area contributed by atoms with E-state index in [2.05, 4.69) is 0 Å². The maximum Gasteiger partial charge on any atom is 0.192 e. The highest BCUT2D eigenvalue weighted by Gasteiger charge is 2.20. The Morgan fingerprint density at radius 3 is 2.61 bits per heavy atom. The van der Waals surface area contributed by atoms with Crippen molar-refractivity contribution in [3.63, 3.8) is 0 Å². The largest absolute Gasteiger partial charge is 0.493 e. The van der Waals surface area contributed by atoms with E-state index >= 15 is 0 Å². The molecule has 0 amide bonds. The molecule has 0 spiro atoms. The fraction of sp³-hybridized carbons (Fsp3) is 0.400. The summed E-state index contributed by atoms with van der Waals surface area (Å²) in [7, 11) is 3.13. The van der Waals surface area contributed by atoms with Gasteiger partial charge in [-0.2, -0.15) is 0 Å². The number of ketones is 1. The zero-order valence-electron chi connectivity index (χ0n) is 10.9. The Balaban J connectivity index is 2.38. The van der Waals surface area contributed by atoms with Crippen LogP contribution in [-0.4, -0.2) is 20.0 Å². The average molecular weight is 246 g/mol. The van der Waals surface area contributed by atoms with Crippen molar-refractivity contribution in [3.05, 3.63) is 35.4 Å². The standard InChI is InChI=1S/C15H18O3/c1-17-13-10-6-9-12(15(13)18-2)14(16)11-7-4-3-5-8-11/h6-7,9-10H,3-5,8H2,1-2H3. The SMILES string of the molecule is COc1cccc(C(=O)C2=CCCCC2)c1OC. The highest BCUT2D eigenvalue weighted by molar-refractivity contribution is 6.10. The minimum atomic E-state index is 0.0606. The third-order valence-corrected chi connectivity index (χ3v) is 3.23. The molecule has 0 heterocycles. The van der Waals surface area contributed by atoms with E-state index in [1.165, 1.54) is 6.42 Å². The molecule has 1 aromatic rings. The number of allylic oxidation sites excluding steroid dienone is 2. The maximum atomic E-state index is 12.4. The van der Waals surface area contributed by atoms with E-state index in [0.717, 1.165) is 24.8 Å². The minimum absolute atomic E-state index is 0.0606. The summed E-state index contributed by atoms with van der Waals surface area (Å²) in [5.41, 5.74) is 1.48. The molecule has 0 saturated heterocycles. The number of hydrogen-bond donors (Lipinski definition) is 0. The fourth-order valence-electron chi connectivity index (χ4n) is 2.28. The van der Waals surface area contributed by atoms with Crippen LogP contribution in [0, 0.1) is 0 Å². The Hall–Kier alpha value is -1.77. The van der Waals surface area contributed by atoms with Gasteiger partial charge in [0, 0.05) is 0 Å². The molecule has 0 atom stereocenters. The van der Waals surface area contributed by atoms with Crippen LogP contribution in [0.3, 0.4) is 0 Å². The first-order chi connectivity index (χ1) is 8.77. The number of methoxy groups -OCH3 is 2. The van der Waals surface area contributed by atoms with E-state index in [1.807, 2.05) is 12.1 Å². The smallest absolute Gasteiger partial charge is 0.192 e. The highest BCUT2D eigenvalue weighted by atomic mass is 16.5. The number of hydrogen-bond acceptors (Lipinski definition) is 3. The molecule has 0 fully saturated rings. The molecule has 2 rings (SSSR count). The fourth-order valence-corrected chi connectivity index (χ4v) is 2.28. The van der Waals surface area contributed by atoms with Crippen molar-refractivity contribution < 1.29 is 14.3 Å². The molecule has 18 heavy (non-hydrogen) atoms. The van der Waals surface area contributed by atoms with Gasteiger partial charge in [-0.3, -0.25) is 4.79 Å². The van der Waals surface area contributed by atoms with Gasteiger partial charge in [0.1, 0.15) is 0 Å². The number of Topliss-reactive ketones (excluding diaryl/α,β-unsaturated/α-hetero) is 1. The quantitative estimate of drug-likeness (QED) is 0.764. The van der Waals surface area contributed by atoms with Crippen LogP contribution >= 0.6 is 0 Å². The van der Waals surface area contributed by atoms with Gasteiger partial charge in [-0.25, -0.2) is 0 Å². The summed E-state index contributed by atoms with van der Waals surface area (Å²) < 4.78 is 10.5. The lowest BCUT2D eigenvalue weighted by Crippen LogP contribution is -2.08. The molecule has 1 aliphatic rings. The van der Waals surface area contributed by atoms with Gasteiger partial charge in [0.15, 0.2) is 17.3 Å². The summed E-state index contributed by atoms with van der Waals surface area (Å²) in [6, 6.07) is 5.40. The van der Waals surface area contributed by atoms with Crippen LogP contribution < -0.4 is 9.47 Å². The number of para-hydroxylation sites is 1. The van der Waals surface area contributed by atoms with E-state index in [4.69, 9.17) is 9.47 Å². The van der Waals surface area contributed by atoms with Crippen molar-refractivity contribution in [1.82, 2.24) is 0 Å². The normalized spacial score (nSPS) is 14.9. The van der Waals surface area contributed by atoms with Gasteiger partial charge < -0.3 is 9.47 Å². The number of carbonyl (C=O) groups is 1. The van der Waals surface area contributed by atoms with Crippen LogP contribution in [0.25, 0.3) is 0 Å². The van der Waals surface area contributed by atoms with Crippen molar-refractivity contribution in [2.24, 2.45) is 0 Å². The second kappa shape index (κ2) is 5.71. The number of ether oxygens (including phenoxy) is 2. The van der Waals surface area contributed by atoms with Crippen LogP contribution in [-0.2, 0) is 0 Å². The van der Waals surface area contributed by atoms with Gasteiger partial charge in [0.2, 0.25) is 0 Å². The molecule has 0 N–H and O–H groups in total. The monoisotopic (exact) mass is 246 g/mol. The summed E-state index contributed by atoms with van der Waals surface area (Å²) in [5.74, 6) is 1.18. The van der Waals surface area contributed by atoms with Gasteiger partial charge in [0.05, 0.1) is 19.8 Å². The highest BCUT2D eigenvalue weighted by Crippen LogP contribution is 2.33. The molecule has 3 heteroatoms. The zero-order chi connectivity index (χ0) is 13.0. The molecule has 0 saturated carbocycles. The first-order valence-corrected chi connectivity index (χ1v) is 6.22. The number of rotatable bonds is 4. The third-order valence-electron chi connectivity index (χ3n) is 3.23. The Bertz CT molecular complexity index is 475. The number of carbonyl (C=O) groups excluding carboxylic acids is 1. The van der Waals surface area contributed by atoms with E-state index in [1.54, 1.807) is 26.4 Å². The van der Waals surface area contributed by atoms with Gasteiger partial charge in [-0.05, 0) is 43.4 Å². The maximum absolute atomic E-state index is 12.4. The predicted octanol–water partition coefficient (Wildman–Crippen LogP) is 3.39. The molecule has 0 radical (unpaired) electrons. The summed E-state index contributed by atoms with van der Waals surface area (Å²) in [4.78, 5) is 12.4. The molecule has 0 aliphatic heterocycles. The molecular weight excluding hydrogens is 228 g/mol. The molecule has 3 nitrogen and oxygen atoms in total. The molecule has 0 unspecified atom stereocenters. The van der Waals surface area contributed by atoms with Crippen LogP contribution in [0.15, 0.2) is 29.8 Å². The van der Waals surface area contributed by atoms with Gasteiger partial charge >= 0.3 is 0 Å². The second-order valence-corrected chi connectivity index (χ2v) is 4.35. The van der Waals surface area contributed by atoms with E-state index in [0.29, 0.717) is 17.1 Å². The third kappa shape index (κ3) is 2.40. The molecular formula is C15H18O3. The van der Waals surface area contributed by atoms with E-state index in [-0.39, 0.29) is 5.78 Å². The van der Waals surface area contributed by atoms with E-state index < -0.39 is 0 Å². The van der Waals surface area contributed by atoms with Crippen LogP contribution in [0.5, 0.6) is 11.5 Å². The zero-order valence-corrected chi connectivity index (χ0v) is 10.9. The van der Waals surface area contributed by atoms with Gasteiger partial charge in [-0.1, -0.05) is 12.1 Å². The van der Waals surface area contributed by atoms with E-state index in [9.17, 15) is 4.79 Å². The summed E-state index contributed by atoms with van der Waals surface area (Å²) in [5, 5.41) is 0. The summed E-state index contributed by atoms with van der Waals surface area (Å²) in [6.07, 6.45) is 6.16. The molecule has 0 bridgehead atoms. The first kappa shape index (κ1) is 12.7. The van der Waals surface area contributed by atoms with Crippen molar-refractivity contribution in [3.8, 4) is 11.5 Å². The Labute approximate surface area is 107 Å². The van der Waals surface area contributed by atoms with Crippen LogP contribution in [0.2, 0.25) is 0 Å². The van der Waals surface area contributed by atoms with Crippen molar-refractivity contribution in [2.45, 2.75) is 25.7 Å². The summed E-state index contributed by atoms with van der Waals surface area (Å²) >= 11 is 0. The van der Waals surface area contributed by atoms with Crippen molar-refractivity contribution in [1.29, 1.82) is 0 Å². The lowest BCUT2D eigenvalue weighted by Gasteiger charge is -2.15. The number of benzene rings is 1. The topological polar surface area (TPSA) is 35.5 Å². The Kier molecular flexibility index (Phi) is 4.03. The van der Waals surface area contributed by atoms with Gasteiger partial charge in [-0.15, -0.1) is 0 Å².